The van der Waals surface area contributed by atoms with Crippen LogP contribution in [0.2, 0.25) is 0 Å². The number of hydrogen-bond donors (Lipinski definition) is 1. The Morgan fingerprint density at radius 2 is 1.78 bits per heavy atom. The van der Waals surface area contributed by atoms with Gasteiger partial charge in [-0.25, -0.2) is 13.2 Å². The number of esters is 1. The molecular weight excluding hydrogens is 513 g/mol. The number of amides is 1. The molecule has 1 saturated heterocycles. The lowest BCUT2D eigenvalue weighted by Gasteiger charge is -2.30. The number of sulfonamides is 1. The van der Waals surface area contributed by atoms with Crippen molar-refractivity contribution in [3.8, 4) is 0 Å². The average molecular weight is 535 g/mol. The lowest BCUT2D eigenvalue weighted by Crippen LogP contribution is -2.51. The number of carbonyl (C=O) groups excluding carboxylic acids is 2. The van der Waals surface area contributed by atoms with Gasteiger partial charge in [-0.2, -0.15) is 17.5 Å². The largest absolute Gasteiger partial charge is 0.442 e. The van der Waals surface area contributed by atoms with Gasteiger partial charge in [0.1, 0.15) is 0 Å². The molecule has 0 aliphatic carbocycles. The maximum absolute atomic E-state index is 14.6. The summed E-state index contributed by atoms with van der Waals surface area (Å²) in [5.74, 6) is -3.04. The minimum atomic E-state index is -5.31. The monoisotopic (exact) mass is 534 g/mol. The third-order valence-corrected chi connectivity index (χ3v) is 8.44. The van der Waals surface area contributed by atoms with Crippen molar-refractivity contribution in [3.63, 3.8) is 0 Å². The van der Waals surface area contributed by atoms with E-state index in [0.717, 1.165) is 12.1 Å². The minimum absolute atomic E-state index is 0.0953. The molecule has 1 N–H and O–H groups in total. The highest BCUT2D eigenvalue weighted by Gasteiger charge is 2.69. The molecule has 5 rings (SSSR count). The van der Waals surface area contributed by atoms with E-state index in [1.54, 1.807) is 24.3 Å². The van der Waals surface area contributed by atoms with E-state index < -0.39 is 44.8 Å². The van der Waals surface area contributed by atoms with Gasteiger partial charge in [-0.1, -0.05) is 42.5 Å². The zero-order chi connectivity index (χ0) is 26.6. The van der Waals surface area contributed by atoms with Gasteiger partial charge in [-0.05, 0) is 30.0 Å². The fraction of sp³-hybridized carbons (Fsp3) is 0.280. The van der Waals surface area contributed by atoms with E-state index in [9.17, 15) is 31.2 Å². The molecule has 1 amide bonds. The molecule has 2 aliphatic heterocycles. The van der Waals surface area contributed by atoms with E-state index >= 15 is 0 Å². The second kappa shape index (κ2) is 8.82. The van der Waals surface area contributed by atoms with Crippen molar-refractivity contribution in [3.05, 3.63) is 71.3 Å². The van der Waals surface area contributed by atoms with E-state index in [1.807, 2.05) is 0 Å². The molecule has 0 spiro atoms. The number of nitrogens with one attached hydrogen (secondary N) is 1. The first kappa shape index (κ1) is 25.2. The Kier molecular flexibility index (Phi) is 6.00. The molecule has 0 radical (unpaired) electrons. The van der Waals surface area contributed by atoms with Crippen LogP contribution in [0.15, 0.2) is 59.5 Å². The lowest BCUT2D eigenvalue weighted by atomic mass is 9.92. The van der Waals surface area contributed by atoms with Crippen molar-refractivity contribution in [2.45, 2.75) is 23.6 Å². The molecular formula is C25H21F3N2O6S. The number of halogens is 3. The van der Waals surface area contributed by atoms with Gasteiger partial charge in [0.25, 0.3) is 5.91 Å². The Hall–Kier alpha value is -3.48. The van der Waals surface area contributed by atoms with Crippen molar-refractivity contribution in [1.29, 1.82) is 0 Å². The summed E-state index contributed by atoms with van der Waals surface area (Å²) in [6.45, 7) is 2.00. The fourth-order valence-corrected chi connectivity index (χ4v) is 6.01. The van der Waals surface area contributed by atoms with Crippen LogP contribution < -0.4 is 5.32 Å². The van der Waals surface area contributed by atoms with Crippen LogP contribution in [-0.4, -0.2) is 57.1 Å². The highest BCUT2D eigenvalue weighted by atomic mass is 32.2. The number of anilines is 1. The summed E-state index contributed by atoms with van der Waals surface area (Å²) in [5.41, 5.74) is -4.49. The molecule has 12 heteroatoms. The normalized spacial score (nSPS) is 20.5. The first-order valence-corrected chi connectivity index (χ1v) is 12.7. The number of carbonyl (C=O) groups is 2. The number of morpholine rings is 1. The number of ether oxygens (including phenoxy) is 2. The predicted octanol–water partition coefficient (Wildman–Crippen LogP) is 3.74. The molecule has 3 aromatic carbocycles. The number of rotatable bonds is 4. The van der Waals surface area contributed by atoms with Crippen LogP contribution in [0.5, 0.6) is 0 Å². The van der Waals surface area contributed by atoms with E-state index in [0.29, 0.717) is 10.8 Å². The SMILES string of the molecule is Cc1ccc(S(=O)(=O)N2CCOCC2)cc1C(=O)OC1(C(F)(F)F)C(=O)Nc2c1ccc1ccccc21. The number of fused-ring (bicyclic) bond motifs is 3. The van der Waals surface area contributed by atoms with Crippen molar-refractivity contribution < 1.29 is 40.7 Å². The number of hydrogen-bond acceptors (Lipinski definition) is 6. The summed E-state index contributed by atoms with van der Waals surface area (Å²) in [7, 11) is -4.05. The van der Waals surface area contributed by atoms with Crippen molar-refractivity contribution in [2.24, 2.45) is 0 Å². The van der Waals surface area contributed by atoms with Gasteiger partial charge in [-0.3, -0.25) is 4.79 Å². The molecule has 1 atom stereocenters. The second-order valence-electron chi connectivity index (χ2n) is 8.73. The van der Waals surface area contributed by atoms with Gasteiger partial charge in [0, 0.05) is 24.0 Å². The fourth-order valence-electron chi connectivity index (χ4n) is 4.58. The van der Waals surface area contributed by atoms with Gasteiger partial charge in [0.05, 0.1) is 29.4 Å². The summed E-state index contributed by atoms with van der Waals surface area (Å²) in [4.78, 5) is 25.8. The minimum Gasteiger partial charge on any atom is -0.430 e. The topological polar surface area (TPSA) is 102 Å². The van der Waals surface area contributed by atoms with Crippen LogP contribution in [-0.2, 0) is 29.9 Å². The molecule has 8 nitrogen and oxygen atoms in total. The first-order valence-electron chi connectivity index (χ1n) is 11.3. The zero-order valence-electron chi connectivity index (χ0n) is 19.5. The molecule has 2 aliphatic rings. The highest BCUT2D eigenvalue weighted by molar-refractivity contribution is 7.89. The third kappa shape index (κ3) is 3.95. The molecule has 1 fully saturated rings. The number of alkyl halides is 3. The van der Waals surface area contributed by atoms with Crippen LogP contribution in [0, 0.1) is 6.92 Å². The summed E-state index contributed by atoms with van der Waals surface area (Å²) < 4.78 is 81.2. The average Bonchev–Trinajstić information content (AvgIpc) is 3.17. The molecule has 37 heavy (non-hydrogen) atoms. The molecule has 0 saturated carbocycles. The number of aryl methyl sites for hydroxylation is 1. The third-order valence-electron chi connectivity index (χ3n) is 6.55. The van der Waals surface area contributed by atoms with Gasteiger partial charge < -0.3 is 14.8 Å². The highest BCUT2D eigenvalue weighted by Crippen LogP contribution is 2.51. The quantitative estimate of drug-likeness (QED) is 0.512. The molecule has 0 aromatic heterocycles. The Bertz CT molecular complexity index is 1530. The number of nitrogens with zero attached hydrogens (tertiary/aromatic N) is 1. The summed E-state index contributed by atoms with van der Waals surface area (Å²) in [5, 5.41) is 3.18. The molecule has 194 valence electrons. The number of benzene rings is 3. The van der Waals surface area contributed by atoms with Crippen LogP contribution in [0.1, 0.15) is 21.5 Å². The Labute approximate surface area is 210 Å². The summed E-state index contributed by atoms with van der Waals surface area (Å²) in [6.07, 6.45) is -5.31. The van der Waals surface area contributed by atoms with Gasteiger partial charge in [0.15, 0.2) is 0 Å². The predicted molar refractivity (Wildman–Crippen MR) is 126 cm³/mol. The second-order valence-corrected chi connectivity index (χ2v) is 10.7. The van der Waals surface area contributed by atoms with Crippen LogP contribution in [0.3, 0.4) is 0 Å². The van der Waals surface area contributed by atoms with Gasteiger partial charge in [-0.15, -0.1) is 0 Å². The van der Waals surface area contributed by atoms with E-state index in [-0.39, 0.29) is 42.4 Å². The maximum Gasteiger partial charge on any atom is 0.442 e. The summed E-state index contributed by atoms with van der Waals surface area (Å²) in [6, 6.07) is 12.6. The van der Waals surface area contributed by atoms with Crippen molar-refractivity contribution in [1.82, 2.24) is 4.31 Å². The van der Waals surface area contributed by atoms with E-state index in [2.05, 4.69) is 5.32 Å². The standard InChI is InChI=1S/C25H21F3N2O6S/c1-15-6-8-17(37(33,34)30-10-12-35-13-11-30)14-19(15)22(31)36-24(25(26,27)28)20-9-7-16-4-2-3-5-18(16)21(20)29-23(24)32/h2-9,14H,10-13H2,1H3,(H,29,32). The first-order chi connectivity index (χ1) is 17.5. The Morgan fingerprint density at radius 3 is 2.49 bits per heavy atom. The smallest absolute Gasteiger partial charge is 0.430 e. The molecule has 2 heterocycles. The van der Waals surface area contributed by atoms with Crippen molar-refractivity contribution in [2.75, 3.05) is 31.6 Å². The molecule has 1 unspecified atom stereocenters. The van der Waals surface area contributed by atoms with E-state index in [4.69, 9.17) is 9.47 Å². The van der Waals surface area contributed by atoms with Gasteiger partial charge in [0.2, 0.25) is 10.0 Å². The van der Waals surface area contributed by atoms with E-state index in [1.165, 1.54) is 29.4 Å². The van der Waals surface area contributed by atoms with Crippen LogP contribution in [0.25, 0.3) is 10.8 Å². The van der Waals surface area contributed by atoms with Crippen LogP contribution >= 0.6 is 0 Å². The maximum atomic E-state index is 14.6. The van der Waals surface area contributed by atoms with Crippen molar-refractivity contribution >= 4 is 38.4 Å². The Balaban J connectivity index is 1.58. The van der Waals surface area contributed by atoms with Crippen LogP contribution in [0.4, 0.5) is 18.9 Å². The zero-order valence-corrected chi connectivity index (χ0v) is 20.3. The molecule has 3 aromatic rings. The Morgan fingerprint density at radius 1 is 1.08 bits per heavy atom. The lowest BCUT2D eigenvalue weighted by molar-refractivity contribution is -0.251. The molecule has 0 bridgehead atoms. The summed E-state index contributed by atoms with van der Waals surface area (Å²) >= 11 is 0. The van der Waals surface area contributed by atoms with Gasteiger partial charge >= 0.3 is 17.7 Å².